The van der Waals surface area contributed by atoms with Gasteiger partial charge in [0.2, 0.25) is 0 Å². The zero-order chi connectivity index (χ0) is 12.9. The molecule has 94 valence electrons. The lowest BCUT2D eigenvalue weighted by Crippen LogP contribution is -2.48. The van der Waals surface area contributed by atoms with Crippen LogP contribution in [-0.2, 0) is 15.1 Å². The minimum Gasteiger partial charge on any atom is -0.467 e. The molecule has 1 aromatic heterocycles. The van der Waals surface area contributed by atoms with E-state index in [1.54, 1.807) is 12.4 Å². The number of nitrogens with one attached hydrogen (secondary N) is 1. The van der Waals surface area contributed by atoms with Crippen molar-refractivity contribution >= 4 is 5.97 Å². The number of rotatable bonds is 5. The summed E-state index contributed by atoms with van der Waals surface area (Å²) in [5.74, 6) is 0.171. The Hall–Kier alpha value is -1.42. The molecule has 1 aromatic rings. The Kier molecular flexibility index (Phi) is 4.63. The van der Waals surface area contributed by atoms with E-state index in [4.69, 9.17) is 4.74 Å². The highest BCUT2D eigenvalue weighted by Crippen LogP contribution is 2.21. The minimum absolute atomic E-state index is 0.288. The number of hydrogen-bond acceptors (Lipinski definition) is 4. The average molecular weight is 236 g/mol. The first-order valence-corrected chi connectivity index (χ1v) is 5.74. The Bertz CT molecular complexity index is 365. The van der Waals surface area contributed by atoms with Crippen molar-refractivity contribution in [3.63, 3.8) is 0 Å². The van der Waals surface area contributed by atoms with E-state index in [1.165, 1.54) is 7.11 Å². The summed E-state index contributed by atoms with van der Waals surface area (Å²) in [4.78, 5) is 15.9. The highest BCUT2D eigenvalue weighted by atomic mass is 16.5. The van der Waals surface area contributed by atoms with Gasteiger partial charge in [0.1, 0.15) is 5.54 Å². The molecule has 0 bridgehead atoms. The third kappa shape index (κ3) is 3.27. The third-order valence-electron chi connectivity index (χ3n) is 2.72. The van der Waals surface area contributed by atoms with Gasteiger partial charge in [-0.2, -0.15) is 0 Å². The number of pyridine rings is 1. The van der Waals surface area contributed by atoms with E-state index < -0.39 is 5.54 Å². The van der Waals surface area contributed by atoms with E-state index in [1.807, 2.05) is 19.1 Å². The molecule has 0 fully saturated rings. The van der Waals surface area contributed by atoms with Crippen molar-refractivity contribution < 1.29 is 9.53 Å². The van der Waals surface area contributed by atoms with E-state index in [9.17, 15) is 4.79 Å². The molecule has 0 radical (unpaired) electrons. The van der Waals surface area contributed by atoms with Gasteiger partial charge in [-0.15, -0.1) is 0 Å². The first kappa shape index (κ1) is 13.6. The van der Waals surface area contributed by atoms with Crippen molar-refractivity contribution in [1.82, 2.24) is 10.3 Å². The maximum atomic E-state index is 11.9. The van der Waals surface area contributed by atoms with Crippen LogP contribution in [0.3, 0.4) is 0 Å². The van der Waals surface area contributed by atoms with Gasteiger partial charge >= 0.3 is 5.97 Å². The second-order valence-electron chi connectivity index (χ2n) is 4.63. The van der Waals surface area contributed by atoms with E-state index >= 15 is 0 Å². The van der Waals surface area contributed by atoms with Crippen molar-refractivity contribution in [3.8, 4) is 0 Å². The molecule has 0 aromatic carbocycles. The molecule has 0 aliphatic carbocycles. The number of hydrogen-bond donors (Lipinski definition) is 1. The number of aromatic nitrogens is 1. The molecule has 0 aliphatic heterocycles. The molecule has 4 heteroatoms. The summed E-state index contributed by atoms with van der Waals surface area (Å²) in [5, 5.41) is 3.26. The Balaban J connectivity index is 2.98. The molecule has 0 amide bonds. The number of methoxy groups -OCH3 is 1. The van der Waals surface area contributed by atoms with Gasteiger partial charge in [0.05, 0.1) is 7.11 Å². The second-order valence-corrected chi connectivity index (χ2v) is 4.63. The lowest BCUT2D eigenvalue weighted by Gasteiger charge is -2.29. The fraction of sp³-hybridized carbons (Fsp3) is 0.538. The molecular weight excluding hydrogens is 216 g/mol. The number of esters is 1. The smallest absolute Gasteiger partial charge is 0.330 e. The van der Waals surface area contributed by atoms with Crippen LogP contribution in [0.1, 0.15) is 26.3 Å². The quantitative estimate of drug-likeness (QED) is 0.791. The van der Waals surface area contributed by atoms with Crippen molar-refractivity contribution in [2.24, 2.45) is 5.92 Å². The largest absolute Gasteiger partial charge is 0.467 e. The molecule has 0 saturated carbocycles. The van der Waals surface area contributed by atoms with Crippen molar-refractivity contribution in [2.45, 2.75) is 26.3 Å². The SMILES string of the molecule is COC(=O)C(C)(NCC(C)C)c1ccncc1. The summed E-state index contributed by atoms with van der Waals surface area (Å²) in [6.45, 7) is 6.76. The highest BCUT2D eigenvalue weighted by molar-refractivity contribution is 5.82. The van der Waals surface area contributed by atoms with Gasteiger partial charge in [-0.25, -0.2) is 4.79 Å². The number of ether oxygens (including phenoxy) is 1. The molecule has 1 rings (SSSR count). The molecule has 0 spiro atoms. The third-order valence-corrected chi connectivity index (χ3v) is 2.72. The molecule has 1 atom stereocenters. The molecule has 17 heavy (non-hydrogen) atoms. The normalized spacial score (nSPS) is 14.4. The second kappa shape index (κ2) is 5.77. The summed E-state index contributed by atoms with van der Waals surface area (Å²) in [7, 11) is 1.40. The van der Waals surface area contributed by atoms with Gasteiger partial charge in [0.25, 0.3) is 0 Å². The van der Waals surface area contributed by atoms with Crippen LogP contribution in [-0.4, -0.2) is 24.6 Å². The van der Waals surface area contributed by atoms with Gasteiger partial charge < -0.3 is 4.74 Å². The highest BCUT2D eigenvalue weighted by Gasteiger charge is 2.35. The maximum absolute atomic E-state index is 11.9. The number of nitrogens with zero attached hydrogens (tertiary/aromatic N) is 1. The fourth-order valence-corrected chi connectivity index (χ4v) is 1.59. The molecule has 0 saturated heterocycles. The van der Waals surface area contributed by atoms with Gasteiger partial charge in [0.15, 0.2) is 0 Å². The predicted molar refractivity (Wildman–Crippen MR) is 66.4 cm³/mol. The molecule has 1 unspecified atom stereocenters. The average Bonchev–Trinajstić information content (AvgIpc) is 2.36. The van der Waals surface area contributed by atoms with Crippen LogP contribution in [0.2, 0.25) is 0 Å². The van der Waals surface area contributed by atoms with Crippen molar-refractivity contribution in [1.29, 1.82) is 0 Å². The zero-order valence-electron chi connectivity index (χ0n) is 10.9. The van der Waals surface area contributed by atoms with Gasteiger partial charge in [-0.05, 0) is 37.1 Å². The van der Waals surface area contributed by atoms with Crippen LogP contribution < -0.4 is 5.32 Å². The Morgan fingerprint density at radius 1 is 1.47 bits per heavy atom. The molecule has 1 N–H and O–H groups in total. The number of carbonyl (C=O) groups excluding carboxylic acids is 1. The predicted octanol–water partition coefficient (Wildman–Crippen LogP) is 1.72. The summed E-state index contributed by atoms with van der Waals surface area (Å²) >= 11 is 0. The first-order chi connectivity index (χ1) is 8.00. The molecular formula is C13H20N2O2. The molecule has 1 heterocycles. The molecule has 0 aliphatic rings. The van der Waals surface area contributed by atoms with Crippen LogP contribution in [0.15, 0.2) is 24.5 Å². The fourth-order valence-electron chi connectivity index (χ4n) is 1.59. The summed E-state index contributed by atoms with van der Waals surface area (Å²) in [6.07, 6.45) is 3.35. The summed E-state index contributed by atoms with van der Waals surface area (Å²) in [5.41, 5.74) is 0.0436. The minimum atomic E-state index is -0.817. The lowest BCUT2D eigenvalue weighted by atomic mass is 9.92. The monoisotopic (exact) mass is 236 g/mol. The zero-order valence-corrected chi connectivity index (χ0v) is 10.9. The van der Waals surface area contributed by atoms with E-state index in [0.29, 0.717) is 5.92 Å². The van der Waals surface area contributed by atoms with Gasteiger partial charge in [-0.3, -0.25) is 10.3 Å². The standard InChI is InChI=1S/C13H20N2O2/c1-10(2)9-15-13(3,12(16)17-4)11-5-7-14-8-6-11/h5-8,10,15H,9H2,1-4H3. The molecule has 4 nitrogen and oxygen atoms in total. The van der Waals surface area contributed by atoms with Gasteiger partial charge in [0, 0.05) is 12.4 Å². The topological polar surface area (TPSA) is 51.2 Å². The van der Waals surface area contributed by atoms with Crippen molar-refractivity contribution in [2.75, 3.05) is 13.7 Å². The van der Waals surface area contributed by atoms with E-state index in [2.05, 4.69) is 24.1 Å². The summed E-state index contributed by atoms with van der Waals surface area (Å²) in [6, 6.07) is 3.65. The lowest BCUT2D eigenvalue weighted by molar-refractivity contribution is -0.148. The Morgan fingerprint density at radius 2 is 2.06 bits per heavy atom. The Morgan fingerprint density at radius 3 is 2.53 bits per heavy atom. The van der Waals surface area contributed by atoms with Crippen LogP contribution in [0.4, 0.5) is 0 Å². The van der Waals surface area contributed by atoms with Gasteiger partial charge in [-0.1, -0.05) is 13.8 Å². The van der Waals surface area contributed by atoms with E-state index in [0.717, 1.165) is 12.1 Å². The van der Waals surface area contributed by atoms with Crippen molar-refractivity contribution in [3.05, 3.63) is 30.1 Å². The van der Waals surface area contributed by atoms with Crippen LogP contribution in [0.25, 0.3) is 0 Å². The first-order valence-electron chi connectivity index (χ1n) is 5.74. The van der Waals surface area contributed by atoms with E-state index in [-0.39, 0.29) is 5.97 Å². The number of carbonyl (C=O) groups is 1. The summed E-state index contributed by atoms with van der Waals surface area (Å²) < 4.78 is 4.88. The maximum Gasteiger partial charge on any atom is 0.330 e. The van der Waals surface area contributed by atoms with Crippen LogP contribution in [0.5, 0.6) is 0 Å². The van der Waals surface area contributed by atoms with Crippen LogP contribution in [0, 0.1) is 5.92 Å². The van der Waals surface area contributed by atoms with Crippen LogP contribution >= 0.6 is 0 Å². The Labute approximate surface area is 102 Å².